The molecule has 2 aromatic carbocycles. The summed E-state index contributed by atoms with van der Waals surface area (Å²) in [7, 11) is 0. The van der Waals surface area contributed by atoms with E-state index < -0.39 is 0 Å². The summed E-state index contributed by atoms with van der Waals surface area (Å²) in [6, 6.07) is 12.5. The molecule has 5 nitrogen and oxygen atoms in total. The standard InChI is InChI=1S/C18H16N4O/c1-12-6-7-13-4-2-3-5-14(13)15(12)16-17-18(20-10-19-16)22(8-9-23)11-21-17/h2-7,10-11,23H,8-9H2,1H3. The molecule has 0 aliphatic carbocycles. The molecule has 0 unspecified atom stereocenters. The maximum Gasteiger partial charge on any atom is 0.163 e. The van der Waals surface area contributed by atoms with E-state index >= 15 is 0 Å². The van der Waals surface area contributed by atoms with Crippen molar-refractivity contribution in [1.82, 2.24) is 19.5 Å². The highest BCUT2D eigenvalue weighted by Crippen LogP contribution is 2.33. The summed E-state index contributed by atoms with van der Waals surface area (Å²) in [5.74, 6) is 0. The average molecular weight is 304 g/mol. The van der Waals surface area contributed by atoms with Crippen molar-refractivity contribution < 1.29 is 5.11 Å². The second kappa shape index (κ2) is 5.44. The molecule has 2 aromatic heterocycles. The number of hydrogen-bond acceptors (Lipinski definition) is 4. The second-order valence-electron chi connectivity index (χ2n) is 5.53. The van der Waals surface area contributed by atoms with Gasteiger partial charge in [0.2, 0.25) is 0 Å². The van der Waals surface area contributed by atoms with Crippen molar-refractivity contribution in [2.24, 2.45) is 0 Å². The van der Waals surface area contributed by atoms with E-state index in [0.717, 1.165) is 33.4 Å². The molecule has 0 bridgehead atoms. The van der Waals surface area contributed by atoms with Crippen molar-refractivity contribution in [3.63, 3.8) is 0 Å². The third-order valence-corrected chi connectivity index (χ3v) is 4.12. The van der Waals surface area contributed by atoms with Crippen LogP contribution in [0.2, 0.25) is 0 Å². The lowest BCUT2D eigenvalue weighted by molar-refractivity contribution is 0.277. The summed E-state index contributed by atoms with van der Waals surface area (Å²) < 4.78 is 1.85. The fourth-order valence-corrected chi connectivity index (χ4v) is 3.03. The molecule has 0 fully saturated rings. The first-order chi connectivity index (χ1) is 11.3. The van der Waals surface area contributed by atoms with Gasteiger partial charge in [-0.3, -0.25) is 0 Å². The third kappa shape index (κ3) is 2.17. The van der Waals surface area contributed by atoms with Crippen molar-refractivity contribution in [2.75, 3.05) is 6.61 Å². The lowest BCUT2D eigenvalue weighted by Gasteiger charge is -2.10. The van der Waals surface area contributed by atoms with Crippen molar-refractivity contribution in [3.8, 4) is 11.3 Å². The zero-order chi connectivity index (χ0) is 15.8. The van der Waals surface area contributed by atoms with Gasteiger partial charge in [0.15, 0.2) is 5.65 Å². The number of benzene rings is 2. The zero-order valence-electron chi connectivity index (χ0n) is 12.8. The molecule has 0 saturated carbocycles. The van der Waals surface area contributed by atoms with Crippen LogP contribution in [0.4, 0.5) is 0 Å². The molecule has 0 atom stereocenters. The molecule has 0 radical (unpaired) electrons. The predicted octanol–water partition coefficient (Wildman–Crippen LogP) is 2.95. The number of aryl methyl sites for hydroxylation is 1. The van der Waals surface area contributed by atoms with E-state index in [2.05, 4.69) is 46.1 Å². The molecule has 1 N–H and O–H groups in total. The molecule has 4 rings (SSSR count). The molecular formula is C18H16N4O. The van der Waals surface area contributed by atoms with Gasteiger partial charge in [0.25, 0.3) is 0 Å². The fourth-order valence-electron chi connectivity index (χ4n) is 3.03. The minimum Gasteiger partial charge on any atom is -0.395 e. The van der Waals surface area contributed by atoms with Gasteiger partial charge in [-0.05, 0) is 23.3 Å². The lowest BCUT2D eigenvalue weighted by atomic mass is 9.97. The van der Waals surface area contributed by atoms with E-state index in [1.807, 2.05) is 16.7 Å². The lowest BCUT2D eigenvalue weighted by Crippen LogP contribution is -2.01. The van der Waals surface area contributed by atoms with Gasteiger partial charge >= 0.3 is 0 Å². The first kappa shape index (κ1) is 13.8. The van der Waals surface area contributed by atoms with Gasteiger partial charge < -0.3 is 9.67 Å². The van der Waals surface area contributed by atoms with E-state index in [1.165, 1.54) is 5.39 Å². The maximum absolute atomic E-state index is 9.18. The summed E-state index contributed by atoms with van der Waals surface area (Å²) in [6.45, 7) is 2.61. The molecule has 23 heavy (non-hydrogen) atoms. The Labute approximate surface area is 133 Å². The van der Waals surface area contributed by atoms with E-state index in [9.17, 15) is 5.11 Å². The van der Waals surface area contributed by atoms with Crippen LogP contribution in [-0.4, -0.2) is 31.2 Å². The van der Waals surface area contributed by atoms with E-state index in [1.54, 1.807) is 12.7 Å². The predicted molar refractivity (Wildman–Crippen MR) is 90.1 cm³/mol. The summed E-state index contributed by atoms with van der Waals surface area (Å²) in [5, 5.41) is 11.5. The SMILES string of the molecule is Cc1ccc2ccccc2c1-c1ncnc2c1ncn2CCO. The summed E-state index contributed by atoms with van der Waals surface area (Å²) in [6.07, 6.45) is 3.27. The number of aromatic nitrogens is 4. The molecule has 114 valence electrons. The molecule has 0 saturated heterocycles. The number of nitrogens with zero attached hydrogens (tertiary/aromatic N) is 4. The Kier molecular flexibility index (Phi) is 3.28. The Hall–Kier alpha value is -2.79. The van der Waals surface area contributed by atoms with Crippen molar-refractivity contribution >= 4 is 21.9 Å². The fraction of sp³-hybridized carbons (Fsp3) is 0.167. The summed E-state index contributed by atoms with van der Waals surface area (Å²) >= 11 is 0. The van der Waals surface area contributed by atoms with Crippen LogP contribution in [0, 0.1) is 6.92 Å². The molecule has 5 heteroatoms. The molecule has 4 aromatic rings. The highest BCUT2D eigenvalue weighted by molar-refractivity contribution is 6.02. The van der Waals surface area contributed by atoms with Gasteiger partial charge in [0.05, 0.1) is 12.9 Å². The van der Waals surface area contributed by atoms with Crippen LogP contribution in [0.3, 0.4) is 0 Å². The van der Waals surface area contributed by atoms with Gasteiger partial charge in [-0.2, -0.15) is 0 Å². The Morgan fingerprint density at radius 2 is 1.91 bits per heavy atom. The molecular weight excluding hydrogens is 288 g/mol. The number of imidazole rings is 1. The highest BCUT2D eigenvalue weighted by atomic mass is 16.3. The molecule has 0 aliphatic heterocycles. The average Bonchev–Trinajstić information content (AvgIpc) is 2.99. The Balaban J connectivity index is 2.05. The first-order valence-corrected chi connectivity index (χ1v) is 7.55. The van der Waals surface area contributed by atoms with Crippen LogP contribution in [0.5, 0.6) is 0 Å². The van der Waals surface area contributed by atoms with E-state index in [4.69, 9.17) is 0 Å². The third-order valence-electron chi connectivity index (χ3n) is 4.12. The van der Waals surface area contributed by atoms with E-state index in [0.29, 0.717) is 6.54 Å². The quantitative estimate of drug-likeness (QED) is 0.632. The Bertz CT molecular complexity index is 1010. The summed E-state index contributed by atoms with van der Waals surface area (Å²) in [5.41, 5.74) is 4.59. The van der Waals surface area contributed by atoms with Crippen LogP contribution < -0.4 is 0 Å². The minimum absolute atomic E-state index is 0.0537. The Morgan fingerprint density at radius 1 is 1.04 bits per heavy atom. The largest absolute Gasteiger partial charge is 0.395 e. The summed E-state index contributed by atoms with van der Waals surface area (Å²) in [4.78, 5) is 13.3. The van der Waals surface area contributed by atoms with Gasteiger partial charge in [0, 0.05) is 12.1 Å². The first-order valence-electron chi connectivity index (χ1n) is 7.55. The molecule has 0 amide bonds. The molecule has 2 heterocycles. The molecule has 0 spiro atoms. The van der Waals surface area contributed by atoms with Crippen LogP contribution in [0.25, 0.3) is 33.2 Å². The van der Waals surface area contributed by atoms with Gasteiger partial charge in [-0.1, -0.05) is 36.4 Å². The van der Waals surface area contributed by atoms with Crippen molar-refractivity contribution in [1.29, 1.82) is 0 Å². The monoisotopic (exact) mass is 304 g/mol. The van der Waals surface area contributed by atoms with Gasteiger partial charge in [-0.15, -0.1) is 0 Å². The zero-order valence-corrected chi connectivity index (χ0v) is 12.8. The smallest absolute Gasteiger partial charge is 0.163 e. The molecule has 0 aliphatic rings. The van der Waals surface area contributed by atoms with Crippen LogP contribution in [0.1, 0.15) is 5.56 Å². The number of hydrogen-bond donors (Lipinski definition) is 1. The second-order valence-corrected chi connectivity index (χ2v) is 5.53. The van der Waals surface area contributed by atoms with Crippen LogP contribution in [0.15, 0.2) is 49.1 Å². The normalized spacial score (nSPS) is 11.4. The van der Waals surface area contributed by atoms with Crippen LogP contribution >= 0.6 is 0 Å². The number of rotatable bonds is 3. The number of fused-ring (bicyclic) bond motifs is 2. The van der Waals surface area contributed by atoms with Crippen LogP contribution in [-0.2, 0) is 6.54 Å². The number of aliphatic hydroxyl groups is 1. The maximum atomic E-state index is 9.18. The Morgan fingerprint density at radius 3 is 2.78 bits per heavy atom. The highest BCUT2D eigenvalue weighted by Gasteiger charge is 2.15. The van der Waals surface area contributed by atoms with Crippen molar-refractivity contribution in [3.05, 3.63) is 54.6 Å². The van der Waals surface area contributed by atoms with Gasteiger partial charge in [0.1, 0.15) is 17.5 Å². The number of aliphatic hydroxyl groups excluding tert-OH is 1. The topological polar surface area (TPSA) is 63.8 Å². The van der Waals surface area contributed by atoms with Gasteiger partial charge in [-0.25, -0.2) is 15.0 Å². The minimum atomic E-state index is 0.0537. The van der Waals surface area contributed by atoms with Crippen molar-refractivity contribution in [2.45, 2.75) is 13.5 Å². The van der Waals surface area contributed by atoms with E-state index in [-0.39, 0.29) is 6.61 Å².